The van der Waals surface area contributed by atoms with Crippen molar-refractivity contribution in [1.29, 1.82) is 5.26 Å². The number of aromatic nitrogens is 4. The number of nitriles is 1. The number of benzene rings is 2. The van der Waals surface area contributed by atoms with Crippen molar-refractivity contribution in [2.45, 2.75) is 6.92 Å². The molecule has 0 bridgehead atoms. The van der Waals surface area contributed by atoms with Crippen LogP contribution in [0, 0.1) is 18.3 Å². The third-order valence-corrected chi connectivity index (χ3v) is 4.21. The van der Waals surface area contributed by atoms with E-state index in [-0.39, 0.29) is 5.91 Å². The second kappa shape index (κ2) is 7.21. The number of nitrogens with zero attached hydrogens (tertiary/aromatic N) is 5. The lowest BCUT2D eigenvalue weighted by Gasteiger charge is -2.09. The molecule has 7 heteroatoms. The van der Waals surface area contributed by atoms with E-state index in [1.165, 1.54) is 0 Å². The molecule has 0 aliphatic heterocycles. The molecule has 4 rings (SSSR count). The van der Waals surface area contributed by atoms with Crippen LogP contribution < -0.4 is 5.32 Å². The molecule has 0 fully saturated rings. The number of rotatable bonds is 4. The zero-order chi connectivity index (χ0) is 19.5. The number of amides is 1. The van der Waals surface area contributed by atoms with E-state index in [1.54, 1.807) is 41.5 Å². The highest BCUT2D eigenvalue weighted by molar-refractivity contribution is 6.03. The molecule has 136 valence electrons. The summed E-state index contributed by atoms with van der Waals surface area (Å²) in [5, 5.41) is 16.4. The van der Waals surface area contributed by atoms with Crippen LogP contribution in [0.15, 0.2) is 73.3 Å². The number of carbonyl (C=O) groups is 1. The summed E-state index contributed by atoms with van der Waals surface area (Å²) in [4.78, 5) is 16.9. The van der Waals surface area contributed by atoms with Crippen LogP contribution in [0.2, 0.25) is 0 Å². The minimum Gasteiger partial charge on any atom is -0.321 e. The van der Waals surface area contributed by atoms with Gasteiger partial charge in [-0.1, -0.05) is 6.07 Å². The predicted octanol–water partition coefficient (Wildman–Crippen LogP) is 3.49. The Kier molecular flexibility index (Phi) is 4.44. The molecule has 0 saturated heterocycles. The van der Waals surface area contributed by atoms with Crippen molar-refractivity contribution in [2.75, 3.05) is 5.32 Å². The quantitative estimate of drug-likeness (QED) is 0.597. The Labute approximate surface area is 161 Å². The second-order valence-electron chi connectivity index (χ2n) is 6.22. The monoisotopic (exact) mass is 368 g/mol. The van der Waals surface area contributed by atoms with E-state index in [9.17, 15) is 4.79 Å². The highest BCUT2D eigenvalue weighted by Crippen LogP contribution is 2.17. The van der Waals surface area contributed by atoms with Crippen molar-refractivity contribution in [3.63, 3.8) is 0 Å². The van der Waals surface area contributed by atoms with Gasteiger partial charge in [-0.3, -0.25) is 4.79 Å². The summed E-state index contributed by atoms with van der Waals surface area (Å²) in [6, 6.07) is 18.3. The summed E-state index contributed by atoms with van der Waals surface area (Å²) in [7, 11) is 0. The SMILES string of the molecule is Cc1cc(C(=O)Nc2ccc(-n3ccnc3)cc2)n(-c2cccc(C#N)c2)n1. The summed E-state index contributed by atoms with van der Waals surface area (Å²) in [6.45, 7) is 1.82. The highest BCUT2D eigenvalue weighted by atomic mass is 16.2. The Morgan fingerprint density at radius 2 is 1.93 bits per heavy atom. The molecule has 0 spiro atoms. The van der Waals surface area contributed by atoms with Crippen molar-refractivity contribution in [3.05, 3.63) is 90.3 Å². The standard InChI is InChI=1S/C21H16N6O/c1-15-11-20(27(25-15)19-4-2-3-16(12-19)13-22)21(28)24-17-5-7-18(8-6-17)26-10-9-23-14-26/h2-12,14H,1H3,(H,24,28). The molecule has 2 aromatic carbocycles. The summed E-state index contributed by atoms with van der Waals surface area (Å²) in [6.07, 6.45) is 5.27. The molecule has 1 amide bonds. The largest absolute Gasteiger partial charge is 0.321 e. The lowest BCUT2D eigenvalue weighted by Crippen LogP contribution is -2.17. The first kappa shape index (κ1) is 17.2. The first-order valence-electron chi connectivity index (χ1n) is 8.61. The van der Waals surface area contributed by atoms with Gasteiger partial charge in [-0.15, -0.1) is 0 Å². The highest BCUT2D eigenvalue weighted by Gasteiger charge is 2.16. The number of nitrogens with one attached hydrogen (secondary N) is 1. The maximum absolute atomic E-state index is 12.8. The predicted molar refractivity (Wildman–Crippen MR) is 105 cm³/mol. The van der Waals surface area contributed by atoms with E-state index in [4.69, 9.17) is 5.26 Å². The molecule has 2 heterocycles. The van der Waals surface area contributed by atoms with Crippen molar-refractivity contribution in [3.8, 4) is 17.4 Å². The van der Waals surface area contributed by atoms with Crippen LogP contribution in [-0.2, 0) is 0 Å². The normalized spacial score (nSPS) is 10.4. The fraction of sp³-hybridized carbons (Fsp3) is 0.0476. The molecule has 4 aromatic rings. The van der Waals surface area contributed by atoms with Gasteiger partial charge in [0.2, 0.25) is 0 Å². The van der Waals surface area contributed by atoms with Gasteiger partial charge in [-0.05, 0) is 55.5 Å². The average Bonchev–Trinajstić information content (AvgIpc) is 3.38. The van der Waals surface area contributed by atoms with Crippen LogP contribution in [0.5, 0.6) is 0 Å². The van der Waals surface area contributed by atoms with Gasteiger partial charge in [0.05, 0.1) is 29.3 Å². The zero-order valence-corrected chi connectivity index (χ0v) is 15.1. The first-order chi connectivity index (χ1) is 13.6. The molecule has 0 aliphatic rings. The molecule has 7 nitrogen and oxygen atoms in total. The Bertz CT molecular complexity index is 1170. The zero-order valence-electron chi connectivity index (χ0n) is 15.1. The average molecular weight is 368 g/mol. The van der Waals surface area contributed by atoms with Crippen molar-refractivity contribution in [2.24, 2.45) is 0 Å². The minimum absolute atomic E-state index is 0.279. The number of hydrogen-bond donors (Lipinski definition) is 1. The molecular weight excluding hydrogens is 352 g/mol. The number of aryl methyl sites for hydroxylation is 1. The molecule has 0 aliphatic carbocycles. The summed E-state index contributed by atoms with van der Waals surface area (Å²) >= 11 is 0. The Balaban J connectivity index is 1.59. The third-order valence-electron chi connectivity index (χ3n) is 4.21. The molecule has 2 aromatic heterocycles. The number of anilines is 1. The summed E-state index contributed by atoms with van der Waals surface area (Å²) < 4.78 is 3.43. The number of hydrogen-bond acceptors (Lipinski definition) is 4. The number of imidazole rings is 1. The second-order valence-corrected chi connectivity index (χ2v) is 6.22. The van der Waals surface area contributed by atoms with Gasteiger partial charge in [-0.25, -0.2) is 9.67 Å². The topological polar surface area (TPSA) is 88.5 Å². The van der Waals surface area contributed by atoms with Crippen LogP contribution in [0.25, 0.3) is 11.4 Å². The van der Waals surface area contributed by atoms with E-state index >= 15 is 0 Å². The smallest absolute Gasteiger partial charge is 0.274 e. The summed E-state index contributed by atoms with van der Waals surface area (Å²) in [5.74, 6) is -0.279. The molecule has 1 N–H and O–H groups in total. The van der Waals surface area contributed by atoms with Gasteiger partial charge in [-0.2, -0.15) is 10.4 Å². The molecule has 0 saturated carbocycles. The van der Waals surface area contributed by atoms with Gasteiger partial charge in [0.25, 0.3) is 5.91 Å². The van der Waals surface area contributed by atoms with Crippen molar-refractivity contribution in [1.82, 2.24) is 19.3 Å². The van der Waals surface area contributed by atoms with E-state index in [1.807, 2.05) is 48.0 Å². The maximum Gasteiger partial charge on any atom is 0.274 e. The van der Waals surface area contributed by atoms with E-state index in [0.717, 1.165) is 5.69 Å². The first-order valence-corrected chi connectivity index (χ1v) is 8.61. The Morgan fingerprint density at radius 3 is 2.64 bits per heavy atom. The van der Waals surface area contributed by atoms with Crippen LogP contribution in [0.3, 0.4) is 0 Å². The molecule has 0 unspecified atom stereocenters. The van der Waals surface area contributed by atoms with Crippen molar-refractivity contribution < 1.29 is 4.79 Å². The fourth-order valence-electron chi connectivity index (χ4n) is 2.89. The van der Waals surface area contributed by atoms with Gasteiger partial charge in [0.15, 0.2) is 0 Å². The van der Waals surface area contributed by atoms with Crippen LogP contribution in [0.4, 0.5) is 5.69 Å². The van der Waals surface area contributed by atoms with Gasteiger partial charge < -0.3 is 9.88 Å². The van der Waals surface area contributed by atoms with Gasteiger partial charge in [0, 0.05) is 23.8 Å². The van der Waals surface area contributed by atoms with Crippen LogP contribution in [-0.4, -0.2) is 25.2 Å². The van der Waals surface area contributed by atoms with Gasteiger partial charge >= 0.3 is 0 Å². The lowest BCUT2D eigenvalue weighted by atomic mass is 10.2. The Morgan fingerprint density at radius 1 is 1.11 bits per heavy atom. The number of carbonyl (C=O) groups excluding carboxylic acids is 1. The molecule has 28 heavy (non-hydrogen) atoms. The fourth-order valence-corrected chi connectivity index (χ4v) is 2.89. The maximum atomic E-state index is 12.8. The summed E-state index contributed by atoms with van der Waals surface area (Å²) in [5.41, 5.74) is 3.89. The van der Waals surface area contributed by atoms with Crippen LogP contribution >= 0.6 is 0 Å². The van der Waals surface area contributed by atoms with E-state index < -0.39 is 0 Å². The third kappa shape index (κ3) is 3.39. The Hall–Kier alpha value is -4.18. The molecule has 0 atom stereocenters. The lowest BCUT2D eigenvalue weighted by molar-refractivity contribution is 0.101. The van der Waals surface area contributed by atoms with Gasteiger partial charge in [0.1, 0.15) is 5.69 Å². The van der Waals surface area contributed by atoms with E-state index in [2.05, 4.69) is 21.5 Å². The van der Waals surface area contributed by atoms with Crippen molar-refractivity contribution >= 4 is 11.6 Å². The molecule has 0 radical (unpaired) electrons. The van der Waals surface area contributed by atoms with Crippen LogP contribution in [0.1, 0.15) is 21.7 Å². The van der Waals surface area contributed by atoms with E-state index in [0.29, 0.717) is 28.3 Å². The minimum atomic E-state index is -0.279. The molecular formula is C21H16N6O.